The lowest BCUT2D eigenvalue weighted by Crippen LogP contribution is -2.51. The van der Waals surface area contributed by atoms with Crippen LogP contribution in [-0.2, 0) is 9.53 Å². The molecule has 1 unspecified atom stereocenters. The number of likely N-dealkylation sites (tertiary alicyclic amines) is 1. The van der Waals surface area contributed by atoms with Gasteiger partial charge in [0.05, 0.1) is 16.6 Å². The van der Waals surface area contributed by atoms with E-state index in [9.17, 15) is 14.3 Å². The standard InChI is InChI=1S/C40H47F2N5O6/c1-5-29-31(42)10-9-26-17-28(48)18-30(34(26)29)32-22-51-35-36(43-23-40(13-7-8-14-40)46(4)33(49)6-2)44-38(45-37(35)53-32)52-24-39(3)19-27(41)21-47(39)20-25-11-15-50-16-12-25/h1,6,9-10,17-18,25,27,32,48H,2,7-8,11-16,19-24H2,3-4H3,(H,43,44,45)/t27-,32?,39+/m1/s1. The Balaban J connectivity index is 1.21. The number of ether oxygens (including phenoxy) is 4. The second kappa shape index (κ2) is 15.0. The van der Waals surface area contributed by atoms with Crippen LogP contribution in [0.2, 0.25) is 0 Å². The van der Waals surface area contributed by atoms with Gasteiger partial charge in [0.2, 0.25) is 11.7 Å². The van der Waals surface area contributed by atoms with Crippen molar-refractivity contribution in [3.63, 3.8) is 0 Å². The zero-order valence-corrected chi connectivity index (χ0v) is 30.3. The number of anilines is 1. The number of hydrogen-bond acceptors (Lipinski definition) is 10. The molecule has 0 spiro atoms. The fourth-order valence-corrected chi connectivity index (χ4v) is 8.46. The predicted octanol–water partition coefficient (Wildman–Crippen LogP) is 5.95. The number of phenols is 1. The third-order valence-electron chi connectivity index (χ3n) is 11.5. The monoisotopic (exact) mass is 731 g/mol. The average molecular weight is 732 g/mol. The van der Waals surface area contributed by atoms with Gasteiger partial charge in [-0.05, 0) is 68.2 Å². The van der Waals surface area contributed by atoms with Gasteiger partial charge in [0.25, 0.3) is 5.88 Å². The zero-order chi connectivity index (χ0) is 37.3. The number of carbonyl (C=O) groups is 1. The normalized spacial score (nSPS) is 24.1. The Kier molecular flexibility index (Phi) is 10.4. The van der Waals surface area contributed by atoms with Crippen molar-refractivity contribution < 1.29 is 37.6 Å². The summed E-state index contributed by atoms with van der Waals surface area (Å²) in [6, 6.07) is 5.80. The van der Waals surface area contributed by atoms with Gasteiger partial charge in [0, 0.05) is 57.3 Å². The largest absolute Gasteiger partial charge is 0.508 e. The zero-order valence-electron chi connectivity index (χ0n) is 30.3. The van der Waals surface area contributed by atoms with Gasteiger partial charge in [-0.15, -0.1) is 6.42 Å². The van der Waals surface area contributed by atoms with E-state index in [1.54, 1.807) is 18.0 Å². The fraction of sp³-hybridized carbons (Fsp3) is 0.525. The number of aromatic hydroxyl groups is 1. The smallest absolute Gasteiger partial charge is 0.322 e. The van der Waals surface area contributed by atoms with Crippen molar-refractivity contribution in [1.82, 2.24) is 19.8 Å². The maximum atomic E-state index is 15.0. The summed E-state index contributed by atoms with van der Waals surface area (Å²) in [7, 11) is 1.78. The number of terminal acetylenes is 1. The van der Waals surface area contributed by atoms with E-state index in [4.69, 9.17) is 30.4 Å². The lowest BCUT2D eigenvalue weighted by molar-refractivity contribution is -0.129. The van der Waals surface area contributed by atoms with E-state index >= 15 is 4.39 Å². The minimum Gasteiger partial charge on any atom is -0.508 e. The molecule has 1 saturated carbocycles. The van der Waals surface area contributed by atoms with Crippen molar-refractivity contribution in [1.29, 1.82) is 0 Å². The summed E-state index contributed by atoms with van der Waals surface area (Å²) in [5.74, 6) is 2.68. The molecule has 3 fully saturated rings. The molecule has 2 saturated heterocycles. The minimum absolute atomic E-state index is 0.00262. The van der Waals surface area contributed by atoms with Crippen LogP contribution >= 0.6 is 0 Å². The molecule has 1 amide bonds. The first-order valence-electron chi connectivity index (χ1n) is 18.4. The minimum atomic E-state index is -0.990. The van der Waals surface area contributed by atoms with Gasteiger partial charge in [-0.3, -0.25) is 9.69 Å². The summed E-state index contributed by atoms with van der Waals surface area (Å²) in [6.07, 6.45) is 10.9. The van der Waals surface area contributed by atoms with Crippen LogP contribution in [0.3, 0.4) is 0 Å². The van der Waals surface area contributed by atoms with Crippen molar-refractivity contribution >= 4 is 22.5 Å². The summed E-state index contributed by atoms with van der Waals surface area (Å²) in [4.78, 5) is 26.0. The number of nitrogens with zero attached hydrogens (tertiary/aromatic N) is 4. The molecule has 282 valence electrons. The molecular formula is C40H47F2N5O6. The van der Waals surface area contributed by atoms with E-state index in [0.717, 1.165) is 45.1 Å². The van der Waals surface area contributed by atoms with Crippen LogP contribution in [0.4, 0.5) is 14.6 Å². The maximum absolute atomic E-state index is 15.0. The Bertz CT molecular complexity index is 1910. The second-order valence-electron chi connectivity index (χ2n) is 15.0. The van der Waals surface area contributed by atoms with Crippen molar-refractivity contribution in [2.75, 3.05) is 58.4 Å². The van der Waals surface area contributed by atoms with Crippen LogP contribution in [0, 0.1) is 24.1 Å². The molecule has 11 nitrogen and oxygen atoms in total. The van der Waals surface area contributed by atoms with Gasteiger partial charge in [-0.2, -0.15) is 9.97 Å². The summed E-state index contributed by atoms with van der Waals surface area (Å²) in [6.45, 7) is 8.64. The SMILES string of the molecule is C#Cc1c(F)ccc2cc(O)cc(C3COc4c(NCC5(N(C)C(=O)C=C)CCCC5)nc(OC[C@]5(C)C[C@@H](F)CN5CC5CCOCC5)nc4O3)c12. The number of rotatable bonds is 11. The first kappa shape index (κ1) is 36.7. The lowest BCUT2D eigenvalue weighted by Gasteiger charge is -2.39. The molecule has 3 aromatic rings. The molecule has 7 rings (SSSR count). The summed E-state index contributed by atoms with van der Waals surface area (Å²) >= 11 is 0. The van der Waals surface area contributed by atoms with Crippen molar-refractivity contribution in [2.24, 2.45) is 5.92 Å². The highest BCUT2D eigenvalue weighted by molar-refractivity contribution is 5.93. The molecule has 3 aliphatic heterocycles. The van der Waals surface area contributed by atoms with E-state index < -0.39 is 29.2 Å². The van der Waals surface area contributed by atoms with Crippen LogP contribution in [0.5, 0.6) is 23.4 Å². The molecule has 4 aliphatic rings. The molecule has 2 aromatic carbocycles. The van der Waals surface area contributed by atoms with Gasteiger partial charge in [-0.25, -0.2) is 8.78 Å². The Labute approximate surface area is 308 Å². The average Bonchev–Trinajstić information content (AvgIpc) is 3.76. The van der Waals surface area contributed by atoms with Crippen molar-refractivity contribution in [3.05, 3.63) is 53.9 Å². The molecule has 1 aliphatic carbocycles. The first-order chi connectivity index (χ1) is 25.5. The highest BCUT2D eigenvalue weighted by Gasteiger charge is 2.45. The fourth-order valence-electron chi connectivity index (χ4n) is 8.46. The maximum Gasteiger partial charge on any atom is 0.322 e. The number of likely N-dealkylation sites (N-methyl/N-ethyl adjacent to an activating group) is 1. The molecular weight excluding hydrogens is 684 g/mol. The van der Waals surface area contributed by atoms with E-state index in [2.05, 4.69) is 27.7 Å². The molecule has 4 heterocycles. The third kappa shape index (κ3) is 7.31. The number of aromatic nitrogens is 2. The van der Waals surface area contributed by atoms with Gasteiger partial charge in [-0.1, -0.05) is 31.4 Å². The number of nitrogens with one attached hydrogen (secondary N) is 1. The number of phenolic OH excluding ortho intramolecular Hbond substituents is 1. The third-order valence-corrected chi connectivity index (χ3v) is 11.5. The van der Waals surface area contributed by atoms with Gasteiger partial charge in [0.1, 0.15) is 31.0 Å². The van der Waals surface area contributed by atoms with E-state index in [0.29, 0.717) is 60.8 Å². The molecule has 1 aromatic heterocycles. The number of alkyl halides is 1. The lowest BCUT2D eigenvalue weighted by atomic mass is 9.95. The van der Waals surface area contributed by atoms with Crippen LogP contribution in [-0.4, -0.2) is 101 Å². The van der Waals surface area contributed by atoms with Crippen LogP contribution in [0.15, 0.2) is 36.9 Å². The second-order valence-corrected chi connectivity index (χ2v) is 15.0. The van der Waals surface area contributed by atoms with Gasteiger partial charge >= 0.3 is 6.01 Å². The molecule has 53 heavy (non-hydrogen) atoms. The molecule has 13 heteroatoms. The number of halogens is 2. The van der Waals surface area contributed by atoms with E-state index in [1.165, 1.54) is 24.3 Å². The van der Waals surface area contributed by atoms with Crippen LogP contribution in [0.1, 0.15) is 69.1 Å². The molecule has 2 N–H and O–H groups in total. The van der Waals surface area contributed by atoms with Crippen LogP contribution < -0.4 is 19.5 Å². The summed E-state index contributed by atoms with van der Waals surface area (Å²) < 4.78 is 54.6. The van der Waals surface area contributed by atoms with E-state index in [-0.39, 0.29) is 48.1 Å². The van der Waals surface area contributed by atoms with Gasteiger partial charge < -0.3 is 34.3 Å². The Morgan fingerprint density at radius 3 is 2.77 bits per heavy atom. The summed E-state index contributed by atoms with van der Waals surface area (Å²) in [5.41, 5.74) is -0.625. The Hall–Kier alpha value is -4.67. The number of hydrogen-bond donors (Lipinski definition) is 2. The Morgan fingerprint density at radius 2 is 2.04 bits per heavy atom. The molecule has 0 radical (unpaired) electrons. The Morgan fingerprint density at radius 1 is 1.26 bits per heavy atom. The topological polar surface area (TPSA) is 119 Å². The van der Waals surface area contributed by atoms with Crippen LogP contribution in [0.25, 0.3) is 10.8 Å². The highest BCUT2D eigenvalue weighted by atomic mass is 19.1. The molecule has 3 atom stereocenters. The molecule has 0 bridgehead atoms. The van der Waals surface area contributed by atoms with Gasteiger partial charge in [0.15, 0.2) is 11.9 Å². The quantitative estimate of drug-likeness (QED) is 0.181. The predicted molar refractivity (Wildman–Crippen MR) is 196 cm³/mol. The van der Waals surface area contributed by atoms with Crippen molar-refractivity contribution in [2.45, 2.75) is 75.2 Å². The number of fused-ring (bicyclic) bond motifs is 2. The summed E-state index contributed by atoms with van der Waals surface area (Å²) in [5, 5.41) is 15.0. The number of amides is 1. The first-order valence-corrected chi connectivity index (χ1v) is 18.4. The van der Waals surface area contributed by atoms with Crippen molar-refractivity contribution in [3.8, 4) is 35.7 Å². The number of carbonyl (C=O) groups excluding carboxylic acids is 1. The number of benzene rings is 2. The highest BCUT2D eigenvalue weighted by Crippen LogP contribution is 2.45. The van der Waals surface area contributed by atoms with E-state index in [1.807, 2.05) is 6.92 Å².